The first-order chi connectivity index (χ1) is 17.4. The molecule has 3 aromatic carbocycles. The molecule has 4 N–H and O–H groups in total. The number of hydrogen-bond donors (Lipinski definition) is 4. The number of aromatic amines is 1. The van der Waals surface area contributed by atoms with Crippen molar-refractivity contribution >= 4 is 28.5 Å². The van der Waals surface area contributed by atoms with Crippen LogP contribution in [-0.2, 0) is 22.6 Å². The lowest BCUT2D eigenvalue weighted by Crippen LogP contribution is -2.38. The van der Waals surface area contributed by atoms with Crippen LogP contribution in [0.15, 0.2) is 72.9 Å². The van der Waals surface area contributed by atoms with Gasteiger partial charge >= 0.3 is 5.97 Å². The van der Waals surface area contributed by atoms with Crippen molar-refractivity contribution in [1.82, 2.24) is 10.3 Å². The van der Waals surface area contributed by atoms with Crippen molar-refractivity contribution in [2.75, 3.05) is 19.0 Å². The molecule has 1 aromatic heterocycles. The number of aryl methyl sites for hydroxylation is 1. The van der Waals surface area contributed by atoms with Gasteiger partial charge in [0.15, 0.2) is 18.1 Å². The summed E-state index contributed by atoms with van der Waals surface area (Å²) in [6.07, 6.45) is 2.19. The Labute approximate surface area is 209 Å². The number of carboxylic acids is 1. The number of aliphatic carboxylic acids is 1. The minimum atomic E-state index is -0.924. The Kier molecular flexibility index (Phi) is 7.87. The second-order valence-electron chi connectivity index (χ2n) is 8.52. The van der Waals surface area contributed by atoms with Crippen molar-refractivity contribution in [1.29, 1.82) is 0 Å². The van der Waals surface area contributed by atoms with Crippen LogP contribution >= 0.6 is 0 Å². The minimum absolute atomic E-state index is 0.173. The van der Waals surface area contributed by atoms with E-state index in [2.05, 4.69) is 15.6 Å². The summed E-state index contributed by atoms with van der Waals surface area (Å²) in [6.45, 7) is 2.13. The van der Waals surface area contributed by atoms with Gasteiger partial charge in [0.05, 0.1) is 7.11 Å². The normalized spacial score (nSPS) is 11.7. The van der Waals surface area contributed by atoms with Gasteiger partial charge in [-0.05, 0) is 48.4 Å². The molecule has 1 atom stereocenters. The molecule has 0 aliphatic carbocycles. The number of nitrogens with one attached hydrogen (secondary N) is 3. The number of benzene rings is 3. The molecule has 0 aliphatic heterocycles. The molecule has 186 valence electrons. The molecular formula is C28H29N3O5. The predicted molar refractivity (Wildman–Crippen MR) is 139 cm³/mol. The van der Waals surface area contributed by atoms with E-state index in [9.17, 15) is 14.7 Å². The molecule has 8 nitrogen and oxygen atoms in total. The summed E-state index contributed by atoms with van der Waals surface area (Å²) in [6, 6.07) is 19.8. The summed E-state index contributed by atoms with van der Waals surface area (Å²) in [4.78, 5) is 27.3. The number of carboxylic acid groups (broad SMARTS) is 1. The van der Waals surface area contributed by atoms with Crippen LogP contribution in [0.5, 0.6) is 11.5 Å². The first-order valence-electron chi connectivity index (χ1n) is 11.6. The molecule has 0 saturated carbocycles. The number of H-pyrrole nitrogens is 1. The molecule has 0 radical (unpaired) electrons. The van der Waals surface area contributed by atoms with Crippen molar-refractivity contribution < 1.29 is 24.2 Å². The van der Waals surface area contributed by atoms with Crippen LogP contribution in [-0.4, -0.2) is 41.7 Å². The van der Waals surface area contributed by atoms with E-state index in [0.29, 0.717) is 30.2 Å². The number of carbonyl (C=O) groups is 2. The quantitative estimate of drug-likeness (QED) is 0.251. The Hall–Kier alpha value is -4.30. The Morgan fingerprint density at radius 1 is 1.03 bits per heavy atom. The fraction of sp³-hybridized carbons (Fsp3) is 0.214. The van der Waals surface area contributed by atoms with Gasteiger partial charge in [-0.15, -0.1) is 0 Å². The Balaban J connectivity index is 1.35. The Bertz CT molecular complexity index is 1350. The number of methoxy groups -OCH3 is 1. The van der Waals surface area contributed by atoms with Crippen molar-refractivity contribution in [3.8, 4) is 11.5 Å². The van der Waals surface area contributed by atoms with Gasteiger partial charge in [-0.2, -0.15) is 0 Å². The summed E-state index contributed by atoms with van der Waals surface area (Å²) in [5, 5.41) is 16.7. The number of amides is 1. The Morgan fingerprint density at radius 2 is 1.81 bits per heavy atom. The Morgan fingerprint density at radius 3 is 2.56 bits per heavy atom. The van der Waals surface area contributed by atoms with Crippen molar-refractivity contribution in [3.05, 3.63) is 89.6 Å². The van der Waals surface area contributed by atoms with Crippen molar-refractivity contribution in [2.45, 2.75) is 25.9 Å². The second-order valence-corrected chi connectivity index (χ2v) is 8.52. The van der Waals surface area contributed by atoms with Crippen molar-refractivity contribution in [3.63, 3.8) is 0 Å². The predicted octanol–water partition coefficient (Wildman–Crippen LogP) is 4.29. The topological polar surface area (TPSA) is 113 Å². The largest absolute Gasteiger partial charge is 0.493 e. The molecular weight excluding hydrogens is 458 g/mol. The number of rotatable bonds is 11. The van der Waals surface area contributed by atoms with E-state index in [0.717, 1.165) is 27.6 Å². The lowest BCUT2D eigenvalue weighted by molar-refractivity contribution is -0.139. The van der Waals surface area contributed by atoms with E-state index in [-0.39, 0.29) is 12.5 Å². The minimum Gasteiger partial charge on any atom is -0.493 e. The van der Waals surface area contributed by atoms with Crippen molar-refractivity contribution in [2.24, 2.45) is 0 Å². The highest BCUT2D eigenvalue weighted by atomic mass is 16.5. The van der Waals surface area contributed by atoms with Crippen LogP contribution in [0, 0.1) is 6.92 Å². The van der Waals surface area contributed by atoms with E-state index in [1.807, 2.05) is 67.7 Å². The number of anilines is 1. The maximum Gasteiger partial charge on any atom is 0.321 e. The van der Waals surface area contributed by atoms with Gasteiger partial charge in [0.1, 0.15) is 6.04 Å². The van der Waals surface area contributed by atoms with E-state index in [1.54, 1.807) is 12.1 Å². The van der Waals surface area contributed by atoms with Gasteiger partial charge in [-0.3, -0.25) is 9.59 Å². The molecule has 1 heterocycles. The lowest BCUT2D eigenvalue weighted by atomic mass is 10.0. The van der Waals surface area contributed by atoms with Gasteiger partial charge < -0.3 is 30.2 Å². The number of fused-ring (bicyclic) bond motifs is 1. The fourth-order valence-corrected chi connectivity index (χ4v) is 3.93. The molecule has 8 heteroatoms. The third kappa shape index (κ3) is 6.22. The van der Waals surface area contributed by atoms with Crippen LogP contribution in [0.4, 0.5) is 5.69 Å². The van der Waals surface area contributed by atoms with E-state index >= 15 is 0 Å². The summed E-state index contributed by atoms with van der Waals surface area (Å²) in [7, 11) is 1.52. The van der Waals surface area contributed by atoms with Crippen LogP contribution in [0.25, 0.3) is 10.9 Å². The van der Waals surface area contributed by atoms with Gasteiger partial charge in [0.2, 0.25) is 0 Å². The summed E-state index contributed by atoms with van der Waals surface area (Å²) >= 11 is 0. The van der Waals surface area contributed by atoms with Crippen LogP contribution in [0.1, 0.15) is 16.7 Å². The first-order valence-corrected chi connectivity index (χ1v) is 11.6. The average Bonchev–Trinajstić information content (AvgIpc) is 3.29. The zero-order chi connectivity index (χ0) is 25.5. The van der Waals surface area contributed by atoms with E-state index in [1.165, 1.54) is 7.11 Å². The number of aromatic nitrogens is 1. The van der Waals surface area contributed by atoms with Gasteiger partial charge in [-0.1, -0.05) is 42.0 Å². The number of carbonyl (C=O) groups excluding carboxylic acids is 1. The van der Waals surface area contributed by atoms with Crippen LogP contribution in [0.2, 0.25) is 0 Å². The molecule has 0 spiro atoms. The molecule has 36 heavy (non-hydrogen) atoms. The molecule has 0 bridgehead atoms. The number of hydrogen-bond acceptors (Lipinski definition) is 5. The molecule has 0 aliphatic rings. The highest BCUT2D eigenvalue weighted by molar-refractivity contribution is 5.91. The van der Waals surface area contributed by atoms with Crippen LogP contribution in [0.3, 0.4) is 0 Å². The highest BCUT2D eigenvalue weighted by Crippen LogP contribution is 2.28. The smallest absolute Gasteiger partial charge is 0.321 e. The maximum absolute atomic E-state index is 12.2. The monoisotopic (exact) mass is 487 g/mol. The maximum atomic E-state index is 12.2. The van der Waals surface area contributed by atoms with E-state index < -0.39 is 12.0 Å². The summed E-state index contributed by atoms with van der Waals surface area (Å²) in [5.74, 6) is -0.324. The van der Waals surface area contributed by atoms with Gasteiger partial charge in [0.25, 0.3) is 5.91 Å². The second kappa shape index (κ2) is 11.4. The molecule has 0 saturated heterocycles. The standard InChI is InChI=1S/C28H29N3O5/c1-18-7-10-21(11-8-18)31-27(32)17-36-25-12-9-19(13-26(25)35-2)15-29-24(28(33)34)14-20-16-30-23-6-4-3-5-22(20)23/h3-13,16,24,29-30H,14-15,17H2,1-2H3,(H,31,32)(H,33,34)/t24-/m0/s1. The van der Waals surface area contributed by atoms with Gasteiger partial charge in [0, 0.05) is 35.8 Å². The summed E-state index contributed by atoms with van der Waals surface area (Å²) in [5.41, 5.74) is 4.55. The van der Waals surface area contributed by atoms with E-state index in [4.69, 9.17) is 9.47 Å². The third-order valence-electron chi connectivity index (χ3n) is 5.87. The first kappa shape index (κ1) is 24.8. The SMILES string of the molecule is COc1cc(CN[C@@H](Cc2c[nH]c3ccccc23)C(=O)O)ccc1OCC(=O)Nc1ccc(C)cc1. The average molecular weight is 488 g/mol. The zero-order valence-corrected chi connectivity index (χ0v) is 20.2. The highest BCUT2D eigenvalue weighted by Gasteiger charge is 2.19. The molecule has 4 aromatic rings. The molecule has 1 amide bonds. The third-order valence-corrected chi connectivity index (χ3v) is 5.87. The molecule has 0 unspecified atom stereocenters. The number of para-hydroxylation sites is 1. The van der Waals surface area contributed by atoms with Crippen LogP contribution < -0.4 is 20.1 Å². The number of ether oxygens (including phenoxy) is 2. The molecule has 4 rings (SSSR count). The zero-order valence-electron chi connectivity index (χ0n) is 20.2. The lowest BCUT2D eigenvalue weighted by Gasteiger charge is -2.16. The van der Waals surface area contributed by atoms with Gasteiger partial charge in [-0.25, -0.2) is 0 Å². The molecule has 0 fully saturated rings. The fourth-order valence-electron chi connectivity index (χ4n) is 3.93. The summed E-state index contributed by atoms with van der Waals surface area (Å²) < 4.78 is 11.1.